The van der Waals surface area contributed by atoms with Crippen LogP contribution in [0.4, 0.5) is 5.69 Å². The molecule has 14 heavy (non-hydrogen) atoms. The SMILES string of the molecule is Cc1nc2ccc(N(O)C=N)cc2s1. The van der Waals surface area contributed by atoms with E-state index in [1.807, 2.05) is 19.1 Å². The molecule has 4 nitrogen and oxygen atoms in total. The first-order valence-corrected chi connectivity index (χ1v) is 4.88. The maximum Gasteiger partial charge on any atom is 0.113 e. The third-order valence-electron chi connectivity index (χ3n) is 1.87. The van der Waals surface area contributed by atoms with Gasteiger partial charge in [-0.05, 0) is 25.1 Å². The third kappa shape index (κ3) is 1.47. The Morgan fingerprint density at radius 3 is 3.07 bits per heavy atom. The fourth-order valence-corrected chi connectivity index (χ4v) is 2.11. The maximum absolute atomic E-state index is 9.27. The molecule has 0 saturated carbocycles. The summed E-state index contributed by atoms with van der Waals surface area (Å²) in [7, 11) is 0. The molecule has 0 aliphatic heterocycles. The Balaban J connectivity index is 2.55. The summed E-state index contributed by atoms with van der Waals surface area (Å²) in [5.74, 6) is 0. The Morgan fingerprint density at radius 1 is 1.57 bits per heavy atom. The van der Waals surface area contributed by atoms with E-state index in [1.165, 1.54) is 0 Å². The van der Waals surface area contributed by atoms with E-state index in [4.69, 9.17) is 5.41 Å². The maximum atomic E-state index is 9.27. The number of fused-ring (bicyclic) bond motifs is 1. The van der Waals surface area contributed by atoms with Crippen molar-refractivity contribution in [2.24, 2.45) is 0 Å². The second-order valence-corrected chi connectivity index (χ2v) is 4.09. The quantitative estimate of drug-likeness (QED) is 0.451. The summed E-state index contributed by atoms with van der Waals surface area (Å²) >= 11 is 1.57. The minimum Gasteiger partial charge on any atom is -0.289 e. The highest BCUT2D eigenvalue weighted by Gasteiger charge is 2.04. The minimum atomic E-state index is 0.580. The summed E-state index contributed by atoms with van der Waals surface area (Å²) in [6.45, 7) is 1.94. The first kappa shape index (κ1) is 9.11. The van der Waals surface area contributed by atoms with Crippen molar-refractivity contribution in [3.8, 4) is 0 Å². The van der Waals surface area contributed by atoms with E-state index in [9.17, 15) is 5.21 Å². The Morgan fingerprint density at radius 2 is 2.36 bits per heavy atom. The Bertz CT molecular complexity index is 480. The van der Waals surface area contributed by atoms with Gasteiger partial charge in [-0.15, -0.1) is 11.3 Å². The van der Waals surface area contributed by atoms with Gasteiger partial charge < -0.3 is 0 Å². The molecule has 0 amide bonds. The molecule has 0 saturated heterocycles. The van der Waals surface area contributed by atoms with Gasteiger partial charge in [0, 0.05) is 0 Å². The molecule has 0 fully saturated rings. The highest BCUT2D eigenvalue weighted by Crippen LogP contribution is 2.25. The molecule has 2 N–H and O–H groups in total. The van der Waals surface area contributed by atoms with Crippen LogP contribution in [0, 0.1) is 12.3 Å². The lowest BCUT2D eigenvalue weighted by Crippen LogP contribution is -2.13. The van der Waals surface area contributed by atoms with Crippen LogP contribution in [0.3, 0.4) is 0 Å². The molecular formula is C9H9N3OS. The van der Waals surface area contributed by atoms with Crippen LogP contribution in [0.15, 0.2) is 18.2 Å². The van der Waals surface area contributed by atoms with E-state index < -0.39 is 0 Å². The number of aryl methyl sites for hydroxylation is 1. The molecule has 0 radical (unpaired) electrons. The fourth-order valence-electron chi connectivity index (χ4n) is 1.25. The second kappa shape index (κ2) is 3.36. The van der Waals surface area contributed by atoms with Crippen LogP contribution in [0.25, 0.3) is 10.2 Å². The molecule has 2 rings (SSSR count). The monoisotopic (exact) mass is 207 g/mol. The van der Waals surface area contributed by atoms with Crippen molar-refractivity contribution in [2.45, 2.75) is 6.92 Å². The van der Waals surface area contributed by atoms with Crippen molar-refractivity contribution in [2.75, 3.05) is 5.06 Å². The van der Waals surface area contributed by atoms with Gasteiger partial charge in [-0.1, -0.05) is 0 Å². The third-order valence-corrected chi connectivity index (χ3v) is 2.80. The number of anilines is 1. The van der Waals surface area contributed by atoms with E-state index in [0.29, 0.717) is 5.69 Å². The van der Waals surface area contributed by atoms with Crippen LogP contribution in [-0.2, 0) is 0 Å². The number of aromatic nitrogens is 1. The molecule has 0 unspecified atom stereocenters. The molecular weight excluding hydrogens is 198 g/mol. The summed E-state index contributed by atoms with van der Waals surface area (Å²) in [5.41, 5.74) is 1.51. The topological polar surface area (TPSA) is 60.2 Å². The van der Waals surface area contributed by atoms with E-state index >= 15 is 0 Å². The number of hydrogen-bond acceptors (Lipinski definition) is 4. The van der Waals surface area contributed by atoms with Crippen LogP contribution in [0.5, 0.6) is 0 Å². The lowest BCUT2D eigenvalue weighted by molar-refractivity contribution is 0.316. The molecule has 0 spiro atoms. The van der Waals surface area contributed by atoms with Crippen LogP contribution in [-0.4, -0.2) is 16.5 Å². The van der Waals surface area contributed by atoms with Crippen molar-refractivity contribution < 1.29 is 5.21 Å². The van der Waals surface area contributed by atoms with Crippen molar-refractivity contribution >= 4 is 33.6 Å². The Kier molecular flexibility index (Phi) is 2.18. The van der Waals surface area contributed by atoms with Gasteiger partial charge in [0.1, 0.15) is 6.34 Å². The normalized spacial score (nSPS) is 10.4. The number of hydroxylamine groups is 1. The Labute approximate surface area is 84.9 Å². The zero-order chi connectivity index (χ0) is 10.1. The van der Waals surface area contributed by atoms with E-state index in [-0.39, 0.29) is 0 Å². The highest BCUT2D eigenvalue weighted by atomic mass is 32.1. The van der Waals surface area contributed by atoms with E-state index in [0.717, 1.165) is 26.6 Å². The molecule has 0 bridgehead atoms. The van der Waals surface area contributed by atoms with Gasteiger partial charge in [-0.3, -0.25) is 10.6 Å². The van der Waals surface area contributed by atoms with Crippen molar-refractivity contribution in [1.29, 1.82) is 5.41 Å². The van der Waals surface area contributed by atoms with Crippen LogP contribution >= 0.6 is 11.3 Å². The molecule has 1 aromatic carbocycles. The Hall–Kier alpha value is -1.46. The zero-order valence-corrected chi connectivity index (χ0v) is 8.38. The van der Waals surface area contributed by atoms with Gasteiger partial charge in [0.25, 0.3) is 0 Å². The summed E-state index contributed by atoms with van der Waals surface area (Å²) in [6, 6.07) is 5.37. The molecule has 0 aliphatic rings. The van der Waals surface area contributed by atoms with Crippen LogP contribution < -0.4 is 5.06 Å². The predicted molar refractivity (Wildman–Crippen MR) is 57.4 cm³/mol. The summed E-state index contributed by atoms with van der Waals surface area (Å²) in [5, 5.41) is 17.9. The number of benzene rings is 1. The van der Waals surface area contributed by atoms with Gasteiger partial charge in [0.05, 0.1) is 20.9 Å². The average molecular weight is 207 g/mol. The number of thiazole rings is 1. The highest BCUT2D eigenvalue weighted by molar-refractivity contribution is 7.18. The molecule has 2 aromatic rings. The molecule has 0 aliphatic carbocycles. The fraction of sp³-hybridized carbons (Fsp3) is 0.111. The average Bonchev–Trinajstić information content (AvgIpc) is 2.55. The van der Waals surface area contributed by atoms with Gasteiger partial charge in [-0.25, -0.2) is 10.0 Å². The second-order valence-electron chi connectivity index (χ2n) is 2.86. The summed E-state index contributed by atoms with van der Waals surface area (Å²) in [6.07, 6.45) is 0.856. The van der Waals surface area contributed by atoms with E-state index in [1.54, 1.807) is 17.4 Å². The van der Waals surface area contributed by atoms with Crippen molar-refractivity contribution in [3.05, 3.63) is 23.2 Å². The smallest absolute Gasteiger partial charge is 0.113 e. The summed E-state index contributed by atoms with van der Waals surface area (Å²) < 4.78 is 1.01. The lowest BCUT2D eigenvalue weighted by atomic mass is 10.3. The molecule has 1 heterocycles. The van der Waals surface area contributed by atoms with E-state index in [2.05, 4.69) is 4.98 Å². The van der Waals surface area contributed by atoms with Crippen molar-refractivity contribution in [1.82, 2.24) is 4.98 Å². The first-order valence-electron chi connectivity index (χ1n) is 4.06. The lowest BCUT2D eigenvalue weighted by Gasteiger charge is -2.08. The largest absolute Gasteiger partial charge is 0.289 e. The van der Waals surface area contributed by atoms with Crippen molar-refractivity contribution in [3.63, 3.8) is 0 Å². The van der Waals surface area contributed by atoms with Crippen LogP contribution in [0.1, 0.15) is 5.01 Å². The predicted octanol–water partition coefficient (Wildman–Crippen LogP) is 2.41. The molecule has 72 valence electrons. The molecule has 0 atom stereocenters. The minimum absolute atomic E-state index is 0.580. The number of nitrogens with zero attached hydrogens (tertiary/aromatic N) is 2. The van der Waals surface area contributed by atoms with Gasteiger partial charge >= 0.3 is 0 Å². The number of nitrogens with one attached hydrogen (secondary N) is 1. The zero-order valence-electron chi connectivity index (χ0n) is 7.56. The van der Waals surface area contributed by atoms with Crippen LogP contribution in [0.2, 0.25) is 0 Å². The first-order chi connectivity index (χ1) is 6.70. The number of hydrogen-bond donors (Lipinski definition) is 2. The van der Waals surface area contributed by atoms with Gasteiger partial charge in [0.15, 0.2) is 0 Å². The molecule has 1 aromatic heterocycles. The van der Waals surface area contributed by atoms with Gasteiger partial charge in [-0.2, -0.15) is 0 Å². The standard InChI is InChI=1S/C9H9N3OS/c1-6-11-8-3-2-7(12(13)5-10)4-9(8)14-6/h2-5,10,13H,1H3. The summed E-state index contributed by atoms with van der Waals surface area (Å²) in [4.78, 5) is 4.30. The number of rotatable bonds is 2. The molecule has 5 heteroatoms. The van der Waals surface area contributed by atoms with Gasteiger partial charge in [0.2, 0.25) is 0 Å².